The highest BCUT2D eigenvalue weighted by molar-refractivity contribution is 6.42. The molecule has 0 saturated carbocycles. The first-order valence-corrected chi connectivity index (χ1v) is 8.72. The van der Waals surface area contributed by atoms with Crippen LogP contribution >= 0.6 is 23.2 Å². The van der Waals surface area contributed by atoms with Gasteiger partial charge in [0.2, 0.25) is 0 Å². The Balaban J connectivity index is 2.46. The molecule has 1 N–H and O–H groups in total. The van der Waals surface area contributed by atoms with E-state index < -0.39 is 0 Å². The van der Waals surface area contributed by atoms with Gasteiger partial charge in [0.15, 0.2) is 0 Å². The van der Waals surface area contributed by atoms with E-state index in [4.69, 9.17) is 23.2 Å². The van der Waals surface area contributed by atoms with Crippen molar-refractivity contribution in [2.75, 3.05) is 20.1 Å². The van der Waals surface area contributed by atoms with E-state index in [1.54, 1.807) is 0 Å². The first-order valence-electron chi connectivity index (χ1n) is 7.97. The van der Waals surface area contributed by atoms with Gasteiger partial charge < -0.3 is 5.32 Å². The minimum Gasteiger partial charge on any atom is -0.311 e. The molecule has 0 bridgehead atoms. The molecule has 1 saturated heterocycles. The Kier molecular flexibility index (Phi) is 5.96. The summed E-state index contributed by atoms with van der Waals surface area (Å²) in [6.45, 7) is 6.92. The third kappa shape index (κ3) is 3.10. The molecule has 1 fully saturated rings. The zero-order valence-electron chi connectivity index (χ0n) is 13.3. The molecule has 118 valence electrons. The van der Waals surface area contributed by atoms with E-state index in [0.29, 0.717) is 10.0 Å². The van der Waals surface area contributed by atoms with Gasteiger partial charge in [0.05, 0.1) is 16.1 Å². The van der Waals surface area contributed by atoms with E-state index in [-0.39, 0.29) is 11.6 Å². The second-order valence-corrected chi connectivity index (χ2v) is 6.65. The maximum atomic E-state index is 6.50. The predicted octanol–water partition coefficient (Wildman–Crippen LogP) is 4.91. The normalized spacial score (nSPS) is 18.1. The third-order valence-corrected chi connectivity index (χ3v) is 5.91. The van der Waals surface area contributed by atoms with E-state index in [1.165, 1.54) is 25.9 Å². The van der Waals surface area contributed by atoms with Crippen LogP contribution in [0.4, 0.5) is 0 Å². The molecule has 1 heterocycles. The Morgan fingerprint density at radius 3 is 2.33 bits per heavy atom. The van der Waals surface area contributed by atoms with Crippen molar-refractivity contribution in [1.82, 2.24) is 10.2 Å². The van der Waals surface area contributed by atoms with E-state index in [0.717, 1.165) is 18.4 Å². The summed E-state index contributed by atoms with van der Waals surface area (Å²) < 4.78 is 0. The molecule has 1 aromatic carbocycles. The zero-order chi connectivity index (χ0) is 15.5. The van der Waals surface area contributed by atoms with E-state index in [2.05, 4.69) is 30.1 Å². The molecule has 1 aliphatic rings. The van der Waals surface area contributed by atoms with E-state index in [1.807, 2.05) is 19.2 Å². The lowest BCUT2D eigenvalue weighted by molar-refractivity contribution is 0.0647. The lowest BCUT2D eigenvalue weighted by Gasteiger charge is -2.47. The molecular weight excluding hydrogens is 303 g/mol. The second kappa shape index (κ2) is 7.32. The fourth-order valence-electron chi connectivity index (χ4n) is 3.91. The average molecular weight is 329 g/mol. The summed E-state index contributed by atoms with van der Waals surface area (Å²) in [6, 6.07) is 6.14. The summed E-state index contributed by atoms with van der Waals surface area (Å²) in [5.74, 6) is 0. The van der Waals surface area contributed by atoms with Crippen molar-refractivity contribution < 1.29 is 0 Å². The van der Waals surface area contributed by atoms with Gasteiger partial charge in [-0.3, -0.25) is 4.90 Å². The number of hydrogen-bond donors (Lipinski definition) is 1. The number of benzene rings is 1. The summed E-state index contributed by atoms with van der Waals surface area (Å²) in [6.07, 6.45) is 4.78. The highest BCUT2D eigenvalue weighted by Crippen LogP contribution is 2.42. The number of hydrogen-bond acceptors (Lipinski definition) is 2. The van der Waals surface area contributed by atoms with Crippen LogP contribution in [0.5, 0.6) is 0 Å². The number of likely N-dealkylation sites (N-methyl/N-ethyl adjacent to an activating group) is 1. The van der Waals surface area contributed by atoms with Crippen molar-refractivity contribution >= 4 is 23.2 Å². The van der Waals surface area contributed by atoms with Crippen LogP contribution in [0.1, 0.15) is 51.1 Å². The highest BCUT2D eigenvalue weighted by Gasteiger charge is 2.42. The van der Waals surface area contributed by atoms with Crippen LogP contribution in [0, 0.1) is 0 Å². The molecular formula is C17H26Cl2N2. The van der Waals surface area contributed by atoms with E-state index >= 15 is 0 Å². The van der Waals surface area contributed by atoms with Gasteiger partial charge in [-0.2, -0.15) is 0 Å². The van der Waals surface area contributed by atoms with Crippen LogP contribution in [-0.4, -0.2) is 30.6 Å². The minimum atomic E-state index is 0.0968. The van der Waals surface area contributed by atoms with Gasteiger partial charge in [0, 0.05) is 5.54 Å². The maximum Gasteiger partial charge on any atom is 0.0640 e. The first kappa shape index (κ1) is 17.1. The molecule has 1 atom stereocenters. The van der Waals surface area contributed by atoms with Gasteiger partial charge >= 0.3 is 0 Å². The fraction of sp³-hybridized carbons (Fsp3) is 0.647. The van der Waals surface area contributed by atoms with Gasteiger partial charge in [-0.25, -0.2) is 0 Å². The van der Waals surface area contributed by atoms with Gasteiger partial charge in [-0.15, -0.1) is 0 Å². The topological polar surface area (TPSA) is 15.3 Å². The number of nitrogens with one attached hydrogen (secondary N) is 1. The van der Waals surface area contributed by atoms with Crippen LogP contribution in [0.2, 0.25) is 10.0 Å². The van der Waals surface area contributed by atoms with Gasteiger partial charge in [0.25, 0.3) is 0 Å². The Morgan fingerprint density at radius 2 is 1.81 bits per heavy atom. The number of rotatable bonds is 6. The number of likely N-dealkylation sites (tertiary alicyclic amines) is 1. The maximum absolute atomic E-state index is 6.50. The Bertz CT molecular complexity index is 466. The minimum absolute atomic E-state index is 0.0968. The molecule has 1 unspecified atom stereocenters. The summed E-state index contributed by atoms with van der Waals surface area (Å²) >= 11 is 12.7. The lowest BCUT2D eigenvalue weighted by atomic mass is 9.79. The highest BCUT2D eigenvalue weighted by atomic mass is 35.5. The molecule has 4 heteroatoms. The molecule has 2 rings (SSSR count). The Morgan fingerprint density at radius 1 is 1.19 bits per heavy atom. The molecule has 2 nitrogen and oxygen atoms in total. The summed E-state index contributed by atoms with van der Waals surface area (Å²) in [5.41, 5.74) is 1.21. The van der Waals surface area contributed by atoms with Crippen molar-refractivity contribution in [3.05, 3.63) is 33.8 Å². The van der Waals surface area contributed by atoms with Crippen LogP contribution in [0.25, 0.3) is 0 Å². The van der Waals surface area contributed by atoms with Gasteiger partial charge in [-0.1, -0.05) is 49.2 Å². The largest absolute Gasteiger partial charge is 0.311 e. The monoisotopic (exact) mass is 328 g/mol. The summed E-state index contributed by atoms with van der Waals surface area (Å²) in [4.78, 5) is 2.64. The zero-order valence-corrected chi connectivity index (χ0v) is 14.8. The van der Waals surface area contributed by atoms with Crippen LogP contribution in [0.3, 0.4) is 0 Å². The standard InChI is InChI=1S/C17H26Cl2N2/c1-4-17(5-2,21-11-6-7-12-21)16(20-3)13-9-8-10-14(18)15(13)19/h8-10,16,20H,4-7,11-12H2,1-3H3. The van der Waals surface area contributed by atoms with Crippen molar-refractivity contribution in [3.8, 4) is 0 Å². The number of halogens is 2. The van der Waals surface area contributed by atoms with Gasteiger partial charge in [-0.05, 0) is 57.5 Å². The quantitative estimate of drug-likeness (QED) is 0.798. The van der Waals surface area contributed by atoms with Crippen molar-refractivity contribution in [3.63, 3.8) is 0 Å². The molecule has 1 aromatic rings. The molecule has 1 aliphatic heterocycles. The number of nitrogens with zero attached hydrogens (tertiary/aromatic N) is 1. The first-order chi connectivity index (χ1) is 10.1. The molecule has 0 spiro atoms. The fourth-order valence-corrected chi connectivity index (χ4v) is 4.32. The van der Waals surface area contributed by atoms with Crippen LogP contribution in [0.15, 0.2) is 18.2 Å². The molecule has 0 radical (unpaired) electrons. The predicted molar refractivity (Wildman–Crippen MR) is 92.4 cm³/mol. The molecule has 21 heavy (non-hydrogen) atoms. The van der Waals surface area contributed by atoms with Gasteiger partial charge in [0.1, 0.15) is 0 Å². The SMILES string of the molecule is CCC(CC)(C(NC)c1cccc(Cl)c1Cl)N1CCCC1. The molecule has 0 amide bonds. The Hall–Kier alpha value is -0.280. The van der Waals surface area contributed by atoms with Crippen molar-refractivity contribution in [2.45, 2.75) is 51.1 Å². The van der Waals surface area contributed by atoms with Crippen molar-refractivity contribution in [2.24, 2.45) is 0 Å². The third-order valence-electron chi connectivity index (χ3n) is 5.08. The molecule has 0 aromatic heterocycles. The van der Waals surface area contributed by atoms with E-state index in [9.17, 15) is 0 Å². The lowest BCUT2D eigenvalue weighted by Crippen LogP contribution is -2.54. The van der Waals surface area contributed by atoms with Crippen LogP contribution in [-0.2, 0) is 0 Å². The van der Waals surface area contributed by atoms with Crippen LogP contribution < -0.4 is 5.32 Å². The summed E-state index contributed by atoms with van der Waals surface area (Å²) in [5, 5.41) is 4.84. The Labute approximate surface area is 138 Å². The smallest absolute Gasteiger partial charge is 0.0640 e. The summed E-state index contributed by atoms with van der Waals surface area (Å²) in [7, 11) is 2.03. The molecule has 0 aliphatic carbocycles. The van der Waals surface area contributed by atoms with Crippen molar-refractivity contribution in [1.29, 1.82) is 0 Å². The second-order valence-electron chi connectivity index (χ2n) is 5.87. The average Bonchev–Trinajstić information content (AvgIpc) is 3.03.